The lowest BCUT2D eigenvalue weighted by molar-refractivity contribution is -0.160. The van der Waals surface area contributed by atoms with E-state index in [1.54, 1.807) is 6.92 Å². The van der Waals surface area contributed by atoms with Gasteiger partial charge >= 0.3 is 0 Å². The lowest BCUT2D eigenvalue weighted by Gasteiger charge is -2.53. The summed E-state index contributed by atoms with van der Waals surface area (Å²) in [6, 6.07) is 0.446. The summed E-state index contributed by atoms with van der Waals surface area (Å²) in [5.74, 6) is 0.834. The Morgan fingerprint density at radius 2 is 1.88 bits per heavy atom. The van der Waals surface area contributed by atoms with Crippen LogP contribution in [-0.2, 0) is 14.3 Å². The quantitative estimate of drug-likeness (QED) is 0.771. The fourth-order valence-electron chi connectivity index (χ4n) is 5.61. The molecule has 4 rings (SSSR count). The van der Waals surface area contributed by atoms with Gasteiger partial charge in [0.25, 0.3) is 5.91 Å². The second-order valence-corrected chi connectivity index (χ2v) is 8.34. The molecule has 4 aliphatic rings. The normalized spacial score (nSPS) is 41.2. The number of nitrogens with one attached hydrogen (secondary N) is 1. The Hall–Kier alpha value is -1.14. The van der Waals surface area contributed by atoms with Gasteiger partial charge in [-0.3, -0.25) is 9.59 Å². The van der Waals surface area contributed by atoms with Gasteiger partial charge in [0.2, 0.25) is 5.91 Å². The average Bonchev–Trinajstić information content (AvgIpc) is 3.04. The maximum absolute atomic E-state index is 13.3. The molecule has 4 fully saturated rings. The molecule has 140 valence electrons. The Morgan fingerprint density at radius 1 is 1.12 bits per heavy atom. The van der Waals surface area contributed by atoms with Gasteiger partial charge in [0, 0.05) is 26.1 Å². The molecule has 3 heterocycles. The third kappa shape index (κ3) is 3.08. The molecule has 0 bridgehead atoms. The summed E-state index contributed by atoms with van der Waals surface area (Å²) in [6.07, 6.45) is 6.20. The van der Waals surface area contributed by atoms with Crippen molar-refractivity contribution in [3.63, 3.8) is 0 Å². The van der Waals surface area contributed by atoms with Crippen molar-refractivity contribution in [3.8, 4) is 0 Å². The van der Waals surface area contributed by atoms with Crippen LogP contribution in [0.1, 0.15) is 52.4 Å². The Kier molecular flexibility index (Phi) is 4.75. The molecule has 6 nitrogen and oxygen atoms in total. The van der Waals surface area contributed by atoms with Crippen molar-refractivity contribution < 1.29 is 14.3 Å². The molecule has 0 spiro atoms. The van der Waals surface area contributed by atoms with Crippen molar-refractivity contribution in [2.75, 3.05) is 19.6 Å². The van der Waals surface area contributed by atoms with E-state index in [1.807, 2.05) is 4.90 Å². The molecule has 0 aromatic heterocycles. The summed E-state index contributed by atoms with van der Waals surface area (Å²) >= 11 is 0. The number of hydrogen-bond acceptors (Lipinski definition) is 4. The van der Waals surface area contributed by atoms with Crippen molar-refractivity contribution in [1.29, 1.82) is 0 Å². The minimum Gasteiger partial charge on any atom is -0.364 e. The number of piperidine rings is 1. The SMILES string of the molecule is CC(=O)N1C2CCCCC2N(C(=O)C2CC3CCNCC3O2)C[C@@H]1C. The zero-order valence-corrected chi connectivity index (χ0v) is 15.4. The van der Waals surface area contributed by atoms with Gasteiger partial charge in [0.15, 0.2) is 0 Å². The first-order valence-corrected chi connectivity index (χ1v) is 10.0. The van der Waals surface area contributed by atoms with Crippen LogP contribution in [0.4, 0.5) is 0 Å². The Morgan fingerprint density at radius 3 is 2.60 bits per heavy atom. The Labute approximate surface area is 150 Å². The van der Waals surface area contributed by atoms with E-state index < -0.39 is 0 Å². The molecule has 1 N–H and O–H groups in total. The molecular weight excluding hydrogens is 318 g/mol. The van der Waals surface area contributed by atoms with E-state index in [2.05, 4.69) is 17.1 Å². The maximum atomic E-state index is 13.3. The molecule has 1 saturated carbocycles. The molecule has 2 amide bonds. The van der Waals surface area contributed by atoms with Gasteiger partial charge in [-0.15, -0.1) is 0 Å². The lowest BCUT2D eigenvalue weighted by atomic mass is 9.84. The highest BCUT2D eigenvalue weighted by Gasteiger charge is 2.48. The molecule has 6 heteroatoms. The molecule has 1 aliphatic carbocycles. The van der Waals surface area contributed by atoms with E-state index in [4.69, 9.17) is 4.74 Å². The summed E-state index contributed by atoms with van der Waals surface area (Å²) in [5.41, 5.74) is 0. The van der Waals surface area contributed by atoms with E-state index >= 15 is 0 Å². The number of piperazine rings is 1. The Bertz CT molecular complexity index is 526. The summed E-state index contributed by atoms with van der Waals surface area (Å²) < 4.78 is 6.14. The van der Waals surface area contributed by atoms with Crippen molar-refractivity contribution in [1.82, 2.24) is 15.1 Å². The van der Waals surface area contributed by atoms with Crippen molar-refractivity contribution in [2.45, 2.75) is 82.7 Å². The van der Waals surface area contributed by atoms with E-state index in [1.165, 1.54) is 0 Å². The first kappa shape index (κ1) is 17.3. The van der Waals surface area contributed by atoms with Crippen LogP contribution >= 0.6 is 0 Å². The van der Waals surface area contributed by atoms with Gasteiger partial charge < -0.3 is 19.9 Å². The fraction of sp³-hybridized carbons (Fsp3) is 0.895. The fourth-order valence-corrected chi connectivity index (χ4v) is 5.61. The van der Waals surface area contributed by atoms with Crippen LogP contribution in [0.2, 0.25) is 0 Å². The molecule has 0 radical (unpaired) electrons. The van der Waals surface area contributed by atoms with Crippen LogP contribution in [0.25, 0.3) is 0 Å². The van der Waals surface area contributed by atoms with E-state index in [9.17, 15) is 9.59 Å². The third-order valence-corrected chi connectivity index (χ3v) is 6.73. The lowest BCUT2D eigenvalue weighted by Crippen LogP contribution is -2.67. The molecule has 25 heavy (non-hydrogen) atoms. The van der Waals surface area contributed by atoms with Crippen LogP contribution < -0.4 is 5.32 Å². The van der Waals surface area contributed by atoms with Crippen molar-refractivity contribution >= 4 is 11.8 Å². The molecule has 0 aromatic rings. The number of fused-ring (bicyclic) bond motifs is 2. The number of nitrogens with zero attached hydrogens (tertiary/aromatic N) is 2. The zero-order chi connectivity index (χ0) is 17.6. The molecular formula is C19H31N3O3. The number of hydrogen-bond donors (Lipinski definition) is 1. The minimum absolute atomic E-state index is 0.0890. The van der Waals surface area contributed by atoms with Gasteiger partial charge in [-0.2, -0.15) is 0 Å². The van der Waals surface area contributed by atoms with E-state index in [0.29, 0.717) is 12.5 Å². The first-order valence-electron chi connectivity index (χ1n) is 10.0. The van der Waals surface area contributed by atoms with Gasteiger partial charge in [-0.25, -0.2) is 0 Å². The smallest absolute Gasteiger partial charge is 0.252 e. The van der Waals surface area contributed by atoms with Crippen molar-refractivity contribution in [2.24, 2.45) is 5.92 Å². The Balaban J connectivity index is 1.51. The number of carbonyl (C=O) groups excluding carboxylic acids is 2. The number of amides is 2. The van der Waals surface area contributed by atoms with Crippen LogP contribution in [-0.4, -0.2) is 71.6 Å². The van der Waals surface area contributed by atoms with Gasteiger partial charge in [0.1, 0.15) is 6.10 Å². The van der Waals surface area contributed by atoms with Crippen LogP contribution in [0.5, 0.6) is 0 Å². The topological polar surface area (TPSA) is 61.9 Å². The van der Waals surface area contributed by atoms with E-state index in [0.717, 1.165) is 51.6 Å². The highest BCUT2D eigenvalue weighted by Crippen LogP contribution is 2.36. The minimum atomic E-state index is -0.284. The van der Waals surface area contributed by atoms with Crippen LogP contribution in [0.3, 0.4) is 0 Å². The highest BCUT2D eigenvalue weighted by atomic mass is 16.5. The predicted octanol–water partition coefficient (Wildman–Crippen LogP) is 1.14. The number of ether oxygens (including phenoxy) is 1. The third-order valence-electron chi connectivity index (χ3n) is 6.73. The van der Waals surface area contributed by atoms with Crippen LogP contribution in [0.15, 0.2) is 0 Å². The largest absolute Gasteiger partial charge is 0.364 e. The van der Waals surface area contributed by atoms with Crippen molar-refractivity contribution in [3.05, 3.63) is 0 Å². The second kappa shape index (κ2) is 6.88. The molecule has 5 unspecified atom stereocenters. The van der Waals surface area contributed by atoms with Gasteiger partial charge in [-0.05, 0) is 45.1 Å². The molecule has 6 atom stereocenters. The maximum Gasteiger partial charge on any atom is 0.252 e. The predicted molar refractivity (Wildman–Crippen MR) is 94.0 cm³/mol. The molecule has 3 aliphatic heterocycles. The van der Waals surface area contributed by atoms with Gasteiger partial charge in [-0.1, -0.05) is 12.8 Å². The highest BCUT2D eigenvalue weighted by molar-refractivity contribution is 5.82. The summed E-state index contributed by atoms with van der Waals surface area (Å²) in [4.78, 5) is 29.6. The second-order valence-electron chi connectivity index (χ2n) is 8.34. The molecule has 3 saturated heterocycles. The number of carbonyl (C=O) groups is 2. The molecule has 0 aromatic carbocycles. The standard InChI is InChI=1S/C19H31N3O3/c1-12-11-21(15-5-3-4-6-16(15)22(12)13(2)23)19(24)17-9-14-7-8-20-10-18(14)25-17/h12,14-18,20H,3-11H2,1-2H3/t12-,14?,15?,16?,17?,18?/m0/s1. The zero-order valence-electron chi connectivity index (χ0n) is 15.4. The van der Waals surface area contributed by atoms with E-state index in [-0.39, 0.29) is 42.1 Å². The van der Waals surface area contributed by atoms with Crippen LogP contribution in [0, 0.1) is 5.92 Å². The monoisotopic (exact) mass is 349 g/mol. The first-order chi connectivity index (χ1) is 12.1. The average molecular weight is 349 g/mol. The summed E-state index contributed by atoms with van der Waals surface area (Å²) in [6.45, 7) is 6.29. The van der Waals surface area contributed by atoms with Gasteiger partial charge in [0.05, 0.1) is 18.2 Å². The summed E-state index contributed by atoms with van der Waals surface area (Å²) in [7, 11) is 0. The summed E-state index contributed by atoms with van der Waals surface area (Å²) in [5, 5.41) is 3.37. The number of rotatable bonds is 1.